The van der Waals surface area contributed by atoms with E-state index in [1.807, 2.05) is 61.5 Å². The largest absolute Gasteiger partial charge is 0.444 e. The SMILES string of the molecule is Cc1ccnn1-c1cccc(NC(=O)C(Cc2ccccc2)NC(=O)OC(C)(C)C)c1. The number of aryl methyl sites for hydroxylation is 1. The van der Waals surface area contributed by atoms with Gasteiger partial charge in [0, 0.05) is 24.0 Å². The van der Waals surface area contributed by atoms with E-state index in [1.165, 1.54) is 0 Å². The molecule has 3 aromatic rings. The minimum Gasteiger partial charge on any atom is -0.444 e. The molecule has 0 aliphatic heterocycles. The van der Waals surface area contributed by atoms with Crippen LogP contribution < -0.4 is 10.6 Å². The number of carbonyl (C=O) groups is 2. The second-order valence-electron chi connectivity index (χ2n) is 8.31. The summed E-state index contributed by atoms with van der Waals surface area (Å²) >= 11 is 0. The molecule has 2 amide bonds. The van der Waals surface area contributed by atoms with Gasteiger partial charge >= 0.3 is 6.09 Å². The smallest absolute Gasteiger partial charge is 0.408 e. The highest BCUT2D eigenvalue weighted by Crippen LogP contribution is 2.17. The molecule has 1 heterocycles. The molecule has 162 valence electrons. The zero-order valence-electron chi connectivity index (χ0n) is 18.3. The molecule has 1 atom stereocenters. The van der Waals surface area contributed by atoms with Crippen molar-refractivity contribution < 1.29 is 14.3 Å². The molecule has 0 saturated heterocycles. The Kier molecular flexibility index (Phi) is 6.74. The van der Waals surface area contributed by atoms with E-state index in [2.05, 4.69) is 15.7 Å². The van der Waals surface area contributed by atoms with Crippen LogP contribution in [0.25, 0.3) is 5.69 Å². The third kappa shape index (κ3) is 6.44. The van der Waals surface area contributed by atoms with Crippen molar-refractivity contribution in [3.8, 4) is 5.69 Å². The summed E-state index contributed by atoms with van der Waals surface area (Å²) in [6, 6.07) is 18.0. The molecule has 0 aliphatic rings. The molecular formula is C24H28N4O3. The highest BCUT2D eigenvalue weighted by atomic mass is 16.6. The molecule has 1 aromatic heterocycles. The van der Waals surface area contributed by atoms with E-state index < -0.39 is 17.7 Å². The molecule has 0 saturated carbocycles. The average Bonchev–Trinajstić information content (AvgIpc) is 3.13. The van der Waals surface area contributed by atoms with E-state index in [0.29, 0.717) is 12.1 Å². The number of rotatable bonds is 6. The molecule has 0 radical (unpaired) electrons. The van der Waals surface area contributed by atoms with Crippen LogP contribution in [0.5, 0.6) is 0 Å². The maximum Gasteiger partial charge on any atom is 0.408 e. The lowest BCUT2D eigenvalue weighted by Crippen LogP contribution is -2.47. The van der Waals surface area contributed by atoms with Gasteiger partial charge in [0.25, 0.3) is 0 Å². The van der Waals surface area contributed by atoms with Gasteiger partial charge in [-0.25, -0.2) is 9.48 Å². The van der Waals surface area contributed by atoms with E-state index in [9.17, 15) is 9.59 Å². The Labute approximate surface area is 182 Å². The maximum atomic E-state index is 13.1. The quantitative estimate of drug-likeness (QED) is 0.624. The van der Waals surface area contributed by atoms with Crippen molar-refractivity contribution in [2.45, 2.75) is 45.8 Å². The van der Waals surface area contributed by atoms with E-state index in [4.69, 9.17) is 4.74 Å². The summed E-state index contributed by atoms with van der Waals surface area (Å²) in [4.78, 5) is 25.4. The number of hydrogen-bond donors (Lipinski definition) is 2. The molecule has 7 nitrogen and oxygen atoms in total. The maximum absolute atomic E-state index is 13.1. The van der Waals surface area contributed by atoms with Gasteiger partial charge in [0.15, 0.2) is 0 Å². The van der Waals surface area contributed by atoms with Gasteiger partial charge in [0.05, 0.1) is 5.69 Å². The summed E-state index contributed by atoms with van der Waals surface area (Å²) in [5.41, 5.74) is 2.70. The first-order valence-electron chi connectivity index (χ1n) is 10.2. The van der Waals surface area contributed by atoms with Crippen LogP contribution >= 0.6 is 0 Å². The number of nitrogens with one attached hydrogen (secondary N) is 2. The molecule has 0 fully saturated rings. The predicted molar refractivity (Wildman–Crippen MR) is 120 cm³/mol. The molecule has 3 rings (SSSR count). The summed E-state index contributed by atoms with van der Waals surface area (Å²) in [6.07, 6.45) is 1.43. The Morgan fingerprint density at radius 2 is 1.81 bits per heavy atom. The average molecular weight is 421 g/mol. The van der Waals surface area contributed by atoms with Gasteiger partial charge in [-0.3, -0.25) is 4.79 Å². The zero-order chi connectivity index (χ0) is 22.4. The first-order valence-corrected chi connectivity index (χ1v) is 10.2. The molecule has 0 bridgehead atoms. The first kappa shape index (κ1) is 22.1. The normalized spacial score (nSPS) is 12.1. The number of benzene rings is 2. The van der Waals surface area contributed by atoms with Crippen molar-refractivity contribution in [3.05, 3.63) is 78.1 Å². The Balaban J connectivity index is 1.77. The molecule has 0 spiro atoms. The highest BCUT2D eigenvalue weighted by Gasteiger charge is 2.25. The number of anilines is 1. The van der Waals surface area contributed by atoms with Crippen molar-refractivity contribution in [2.24, 2.45) is 0 Å². The van der Waals surface area contributed by atoms with Crippen molar-refractivity contribution >= 4 is 17.7 Å². The van der Waals surface area contributed by atoms with Gasteiger partial charge in [0.2, 0.25) is 5.91 Å². The monoisotopic (exact) mass is 420 g/mol. The lowest BCUT2D eigenvalue weighted by atomic mass is 10.1. The number of nitrogens with zero attached hydrogens (tertiary/aromatic N) is 2. The Hall–Kier alpha value is -3.61. The topological polar surface area (TPSA) is 85.3 Å². The number of amides is 2. The summed E-state index contributed by atoms with van der Waals surface area (Å²) in [5, 5.41) is 9.91. The van der Waals surface area contributed by atoms with Gasteiger partial charge in [-0.15, -0.1) is 0 Å². The van der Waals surface area contributed by atoms with E-state index in [0.717, 1.165) is 16.9 Å². The lowest BCUT2D eigenvalue weighted by Gasteiger charge is -2.23. The fourth-order valence-corrected chi connectivity index (χ4v) is 3.09. The number of alkyl carbamates (subject to hydrolysis) is 1. The van der Waals surface area contributed by atoms with Gasteiger partial charge in [0.1, 0.15) is 11.6 Å². The minimum absolute atomic E-state index is 0.330. The highest BCUT2D eigenvalue weighted by molar-refractivity contribution is 5.97. The molecule has 7 heteroatoms. The van der Waals surface area contributed by atoms with Gasteiger partial charge in [-0.2, -0.15) is 5.10 Å². The molecule has 2 aromatic carbocycles. The lowest BCUT2D eigenvalue weighted by molar-refractivity contribution is -0.118. The van der Waals surface area contributed by atoms with Gasteiger partial charge in [-0.1, -0.05) is 36.4 Å². The zero-order valence-corrected chi connectivity index (χ0v) is 18.3. The number of hydrogen-bond acceptors (Lipinski definition) is 4. The van der Waals surface area contributed by atoms with Crippen molar-refractivity contribution in [3.63, 3.8) is 0 Å². The third-order valence-electron chi connectivity index (χ3n) is 4.48. The van der Waals surface area contributed by atoms with Crippen molar-refractivity contribution in [2.75, 3.05) is 5.32 Å². The van der Waals surface area contributed by atoms with Crippen molar-refractivity contribution in [1.82, 2.24) is 15.1 Å². The first-order chi connectivity index (χ1) is 14.7. The van der Waals surface area contributed by atoms with E-state index in [-0.39, 0.29) is 5.91 Å². The van der Waals surface area contributed by atoms with Crippen LogP contribution in [0.2, 0.25) is 0 Å². The molecule has 2 N–H and O–H groups in total. The fourth-order valence-electron chi connectivity index (χ4n) is 3.09. The standard InChI is InChI=1S/C24H28N4O3/c1-17-13-14-25-28(17)20-12-8-11-19(16-20)26-22(29)21(15-18-9-6-5-7-10-18)27-23(30)31-24(2,3)4/h5-14,16,21H,15H2,1-4H3,(H,26,29)(H,27,30). The summed E-state index contributed by atoms with van der Waals surface area (Å²) in [7, 11) is 0. The van der Waals surface area contributed by atoms with Crippen LogP contribution in [0.1, 0.15) is 32.0 Å². The summed E-state index contributed by atoms with van der Waals surface area (Å²) < 4.78 is 7.13. The molecular weight excluding hydrogens is 392 g/mol. The second-order valence-corrected chi connectivity index (χ2v) is 8.31. The molecule has 1 unspecified atom stereocenters. The summed E-state index contributed by atoms with van der Waals surface area (Å²) in [5.74, 6) is -0.330. The van der Waals surface area contributed by atoms with Crippen LogP contribution in [0.3, 0.4) is 0 Å². The van der Waals surface area contributed by atoms with E-state index >= 15 is 0 Å². The van der Waals surface area contributed by atoms with Crippen LogP contribution in [0.4, 0.5) is 10.5 Å². The molecule has 31 heavy (non-hydrogen) atoms. The van der Waals surface area contributed by atoms with Crippen LogP contribution in [0.15, 0.2) is 66.9 Å². The Morgan fingerprint density at radius 3 is 2.45 bits per heavy atom. The summed E-state index contributed by atoms with van der Waals surface area (Å²) in [6.45, 7) is 7.30. The minimum atomic E-state index is -0.799. The van der Waals surface area contributed by atoms with E-state index in [1.54, 1.807) is 37.7 Å². The van der Waals surface area contributed by atoms with Crippen LogP contribution in [0, 0.1) is 6.92 Å². The van der Waals surface area contributed by atoms with Gasteiger partial charge in [-0.05, 0) is 57.5 Å². The number of aromatic nitrogens is 2. The second kappa shape index (κ2) is 9.47. The fraction of sp³-hybridized carbons (Fsp3) is 0.292. The van der Waals surface area contributed by atoms with Crippen LogP contribution in [-0.4, -0.2) is 33.4 Å². The van der Waals surface area contributed by atoms with Gasteiger partial charge < -0.3 is 15.4 Å². The van der Waals surface area contributed by atoms with Crippen molar-refractivity contribution in [1.29, 1.82) is 0 Å². The third-order valence-corrected chi connectivity index (χ3v) is 4.48. The Morgan fingerprint density at radius 1 is 1.06 bits per heavy atom. The predicted octanol–water partition coefficient (Wildman–Crippen LogP) is 4.26. The number of carbonyl (C=O) groups excluding carboxylic acids is 2. The van der Waals surface area contributed by atoms with Crippen LogP contribution in [-0.2, 0) is 16.0 Å². The number of ether oxygens (including phenoxy) is 1. The Bertz CT molecular complexity index is 1040. The molecule has 0 aliphatic carbocycles.